The quantitative estimate of drug-likeness (QED) is 0.629. The van der Waals surface area contributed by atoms with Crippen molar-refractivity contribution in [2.24, 2.45) is 0 Å². The molecular formula is C20H20N2O2S. The minimum Gasteiger partial charge on any atom is -0.497 e. The third-order valence-electron chi connectivity index (χ3n) is 3.94. The summed E-state index contributed by atoms with van der Waals surface area (Å²) in [6, 6.07) is 17.9. The highest BCUT2D eigenvalue weighted by Crippen LogP contribution is 2.22. The number of carbonyl (C=O) groups is 1. The van der Waals surface area contributed by atoms with E-state index in [0.717, 1.165) is 27.1 Å². The van der Waals surface area contributed by atoms with Crippen LogP contribution >= 0.6 is 11.8 Å². The van der Waals surface area contributed by atoms with Crippen molar-refractivity contribution in [3.8, 4) is 5.75 Å². The molecule has 0 aliphatic rings. The highest BCUT2D eigenvalue weighted by atomic mass is 32.2. The maximum Gasteiger partial charge on any atom is 0.233 e. The van der Waals surface area contributed by atoms with Crippen LogP contribution in [0.15, 0.2) is 65.8 Å². The Morgan fingerprint density at radius 3 is 2.68 bits per heavy atom. The molecule has 0 fully saturated rings. The molecule has 3 rings (SSSR count). The van der Waals surface area contributed by atoms with Gasteiger partial charge < -0.3 is 9.64 Å². The van der Waals surface area contributed by atoms with Gasteiger partial charge in [0.05, 0.1) is 17.9 Å². The number of nitrogens with zero attached hydrogens (tertiary/aromatic N) is 2. The van der Waals surface area contributed by atoms with E-state index in [0.29, 0.717) is 12.3 Å². The lowest BCUT2D eigenvalue weighted by Crippen LogP contribution is -2.27. The van der Waals surface area contributed by atoms with E-state index in [4.69, 9.17) is 4.74 Å². The van der Waals surface area contributed by atoms with Crippen molar-refractivity contribution in [1.29, 1.82) is 0 Å². The number of methoxy groups -OCH3 is 1. The molecule has 3 aromatic rings. The van der Waals surface area contributed by atoms with Gasteiger partial charge in [-0.25, -0.2) is 4.98 Å². The summed E-state index contributed by atoms with van der Waals surface area (Å²) < 4.78 is 5.25. The SMILES string of the molecule is COc1ccc2cc(CN(C)C(=O)CSc3ccccn3)ccc2c1. The predicted octanol–water partition coefficient (Wildman–Crippen LogP) is 3.99. The largest absolute Gasteiger partial charge is 0.497 e. The molecule has 1 amide bonds. The van der Waals surface area contributed by atoms with E-state index in [-0.39, 0.29) is 5.91 Å². The maximum atomic E-state index is 12.3. The van der Waals surface area contributed by atoms with Gasteiger partial charge in [-0.1, -0.05) is 36.0 Å². The molecule has 0 unspecified atom stereocenters. The summed E-state index contributed by atoms with van der Waals surface area (Å²) in [7, 11) is 3.50. The van der Waals surface area contributed by atoms with Crippen molar-refractivity contribution in [2.45, 2.75) is 11.6 Å². The van der Waals surface area contributed by atoms with Crippen LogP contribution in [0.5, 0.6) is 5.75 Å². The molecule has 0 bridgehead atoms. The normalized spacial score (nSPS) is 10.6. The zero-order valence-corrected chi connectivity index (χ0v) is 15.1. The number of hydrogen-bond donors (Lipinski definition) is 0. The minimum absolute atomic E-state index is 0.0884. The van der Waals surface area contributed by atoms with E-state index in [1.165, 1.54) is 11.8 Å². The van der Waals surface area contributed by atoms with Crippen molar-refractivity contribution < 1.29 is 9.53 Å². The average Bonchev–Trinajstić information content (AvgIpc) is 2.66. The molecule has 0 radical (unpaired) electrons. The summed E-state index contributed by atoms with van der Waals surface area (Å²) in [6.07, 6.45) is 1.74. The first-order valence-electron chi connectivity index (χ1n) is 8.00. The van der Waals surface area contributed by atoms with Crippen molar-refractivity contribution in [3.63, 3.8) is 0 Å². The number of pyridine rings is 1. The van der Waals surface area contributed by atoms with Crippen LogP contribution < -0.4 is 4.74 Å². The van der Waals surface area contributed by atoms with Crippen LogP contribution in [0.1, 0.15) is 5.56 Å². The number of rotatable bonds is 6. The maximum absolute atomic E-state index is 12.3. The number of thioether (sulfide) groups is 1. The molecular weight excluding hydrogens is 332 g/mol. The summed E-state index contributed by atoms with van der Waals surface area (Å²) in [6.45, 7) is 0.587. The van der Waals surface area contributed by atoms with Crippen LogP contribution in [0.4, 0.5) is 0 Å². The fourth-order valence-corrected chi connectivity index (χ4v) is 3.34. The lowest BCUT2D eigenvalue weighted by Gasteiger charge is -2.17. The van der Waals surface area contributed by atoms with Gasteiger partial charge in [-0.05, 0) is 46.7 Å². The number of benzene rings is 2. The second-order valence-corrected chi connectivity index (χ2v) is 6.75. The first-order chi connectivity index (χ1) is 12.2. The summed E-state index contributed by atoms with van der Waals surface area (Å²) in [5, 5.41) is 3.13. The topological polar surface area (TPSA) is 42.4 Å². The van der Waals surface area contributed by atoms with Crippen LogP contribution in [0.2, 0.25) is 0 Å². The van der Waals surface area contributed by atoms with Gasteiger partial charge in [0.1, 0.15) is 5.75 Å². The molecule has 1 heterocycles. The second-order valence-electron chi connectivity index (χ2n) is 5.75. The Morgan fingerprint density at radius 1 is 1.12 bits per heavy atom. The van der Waals surface area contributed by atoms with Crippen molar-refractivity contribution in [3.05, 3.63) is 66.4 Å². The smallest absolute Gasteiger partial charge is 0.233 e. The lowest BCUT2D eigenvalue weighted by atomic mass is 10.1. The van der Waals surface area contributed by atoms with E-state index in [1.807, 2.05) is 43.4 Å². The van der Waals surface area contributed by atoms with Crippen LogP contribution in [-0.2, 0) is 11.3 Å². The fraction of sp³-hybridized carbons (Fsp3) is 0.200. The molecule has 128 valence electrons. The van der Waals surface area contributed by atoms with Crippen molar-refractivity contribution >= 4 is 28.4 Å². The molecule has 0 saturated carbocycles. The third kappa shape index (κ3) is 4.51. The van der Waals surface area contributed by atoms with Gasteiger partial charge in [-0.3, -0.25) is 4.79 Å². The zero-order valence-electron chi connectivity index (χ0n) is 14.3. The summed E-state index contributed by atoms with van der Waals surface area (Å²) in [5.41, 5.74) is 1.11. The van der Waals surface area contributed by atoms with Crippen molar-refractivity contribution in [1.82, 2.24) is 9.88 Å². The van der Waals surface area contributed by atoms with Crippen LogP contribution in [-0.4, -0.2) is 35.7 Å². The number of fused-ring (bicyclic) bond motifs is 1. The number of aromatic nitrogens is 1. The van der Waals surface area contributed by atoms with Crippen molar-refractivity contribution in [2.75, 3.05) is 19.9 Å². The molecule has 0 N–H and O–H groups in total. The standard InChI is InChI=1S/C20H20N2O2S/c1-22(20(23)14-25-19-5-3-4-10-21-19)13-15-6-7-17-12-18(24-2)9-8-16(17)11-15/h3-12H,13-14H2,1-2H3. The number of carbonyl (C=O) groups excluding carboxylic acids is 1. The monoisotopic (exact) mass is 352 g/mol. The van der Waals surface area contributed by atoms with Crippen LogP contribution in [0.3, 0.4) is 0 Å². The Labute approximate surface area is 151 Å². The molecule has 25 heavy (non-hydrogen) atoms. The van der Waals surface area contributed by atoms with Gasteiger partial charge in [0.25, 0.3) is 0 Å². The molecule has 5 heteroatoms. The Morgan fingerprint density at radius 2 is 1.92 bits per heavy atom. The Hall–Kier alpha value is -2.53. The first kappa shape index (κ1) is 17.3. The van der Waals surface area contributed by atoms with E-state index in [9.17, 15) is 4.79 Å². The molecule has 4 nitrogen and oxygen atoms in total. The number of amides is 1. The predicted molar refractivity (Wildman–Crippen MR) is 102 cm³/mol. The molecule has 0 atom stereocenters. The fourth-order valence-electron chi connectivity index (χ4n) is 2.54. The lowest BCUT2D eigenvalue weighted by molar-refractivity contribution is -0.127. The summed E-state index contributed by atoms with van der Waals surface area (Å²) in [5.74, 6) is 1.32. The highest BCUT2D eigenvalue weighted by Gasteiger charge is 2.10. The van der Waals surface area contributed by atoms with Crippen LogP contribution in [0.25, 0.3) is 10.8 Å². The summed E-state index contributed by atoms with van der Waals surface area (Å²) in [4.78, 5) is 18.3. The molecule has 1 aromatic heterocycles. The number of hydrogen-bond acceptors (Lipinski definition) is 4. The Bertz CT molecular complexity index is 868. The first-order valence-corrected chi connectivity index (χ1v) is 8.99. The molecule has 0 saturated heterocycles. The Kier molecular flexibility index (Phi) is 5.56. The zero-order chi connectivity index (χ0) is 17.6. The molecule has 2 aromatic carbocycles. The van der Waals surface area contributed by atoms with Gasteiger partial charge >= 0.3 is 0 Å². The van der Waals surface area contributed by atoms with Gasteiger partial charge in [-0.15, -0.1) is 0 Å². The van der Waals surface area contributed by atoms with Gasteiger partial charge in [0, 0.05) is 19.8 Å². The second kappa shape index (κ2) is 8.03. The van der Waals surface area contributed by atoms with E-state index in [1.54, 1.807) is 18.2 Å². The Balaban J connectivity index is 1.62. The third-order valence-corrected chi connectivity index (χ3v) is 4.87. The minimum atomic E-state index is 0.0884. The number of ether oxygens (including phenoxy) is 1. The van der Waals surface area contributed by atoms with E-state index < -0.39 is 0 Å². The van der Waals surface area contributed by atoms with Gasteiger partial charge in [0.15, 0.2) is 0 Å². The molecule has 0 aliphatic heterocycles. The summed E-state index contributed by atoms with van der Waals surface area (Å²) >= 11 is 1.46. The highest BCUT2D eigenvalue weighted by molar-refractivity contribution is 7.99. The van der Waals surface area contributed by atoms with Gasteiger partial charge in [-0.2, -0.15) is 0 Å². The van der Waals surface area contributed by atoms with Gasteiger partial charge in [0.2, 0.25) is 5.91 Å². The molecule has 0 spiro atoms. The van der Waals surface area contributed by atoms with Crippen LogP contribution in [0, 0.1) is 0 Å². The average molecular weight is 352 g/mol. The molecule has 0 aliphatic carbocycles. The van der Waals surface area contributed by atoms with E-state index >= 15 is 0 Å². The van der Waals surface area contributed by atoms with E-state index in [2.05, 4.69) is 23.2 Å².